The van der Waals surface area contributed by atoms with Crippen LogP contribution < -0.4 is 0 Å². The van der Waals surface area contributed by atoms with Gasteiger partial charge in [-0.15, -0.1) is 0 Å². The number of rotatable bonds is 1. The molecule has 2 fully saturated rings. The lowest BCUT2D eigenvalue weighted by Gasteiger charge is -2.36. The third-order valence-corrected chi connectivity index (χ3v) is 2.65. The van der Waals surface area contributed by atoms with E-state index in [-0.39, 0.29) is 0 Å². The van der Waals surface area contributed by atoms with Crippen molar-refractivity contribution < 1.29 is 34.0 Å². The molecule has 2 saturated heterocycles. The van der Waals surface area contributed by atoms with Crippen LogP contribution in [-0.2, 0) is 23.7 Å². The highest BCUT2D eigenvalue weighted by atomic mass is 16.8. The van der Waals surface area contributed by atoms with Crippen molar-refractivity contribution in [3.63, 3.8) is 0 Å². The largest absolute Gasteiger partial charge is 0.467 e. The van der Waals surface area contributed by atoms with Crippen LogP contribution in [0.3, 0.4) is 0 Å². The van der Waals surface area contributed by atoms with Crippen molar-refractivity contribution in [2.24, 2.45) is 0 Å². The van der Waals surface area contributed by atoms with Gasteiger partial charge in [-0.3, -0.25) is 0 Å². The van der Waals surface area contributed by atoms with E-state index in [4.69, 9.17) is 14.2 Å². The Balaban J connectivity index is 2.13. The van der Waals surface area contributed by atoms with Crippen LogP contribution in [0, 0.1) is 0 Å². The van der Waals surface area contributed by atoms with E-state index in [0.29, 0.717) is 0 Å². The second kappa shape index (κ2) is 4.27. The van der Waals surface area contributed by atoms with E-state index in [1.165, 1.54) is 7.11 Å². The van der Waals surface area contributed by atoms with Gasteiger partial charge in [0.25, 0.3) is 0 Å². The summed E-state index contributed by atoms with van der Waals surface area (Å²) in [6.07, 6.45) is -6.08. The Morgan fingerprint density at radius 3 is 2.50 bits per heavy atom. The normalized spacial score (nSPS) is 47.5. The molecule has 2 heterocycles. The summed E-state index contributed by atoms with van der Waals surface area (Å²) < 4.78 is 20.0. The summed E-state index contributed by atoms with van der Waals surface area (Å²) >= 11 is 0. The number of aliphatic hydroxyl groups is 2. The summed E-state index contributed by atoms with van der Waals surface area (Å²) in [6, 6.07) is 0. The van der Waals surface area contributed by atoms with Crippen LogP contribution in [-0.4, -0.2) is 60.3 Å². The molecule has 2 rings (SSSR count). The SMILES string of the molecule is COC(=O)[C@H]1O[C@@H]2O[C@H](C)O[C@@H]2[C@@H](O)[C@@H]1O. The maximum absolute atomic E-state index is 11.3. The summed E-state index contributed by atoms with van der Waals surface area (Å²) in [7, 11) is 1.17. The van der Waals surface area contributed by atoms with E-state index < -0.39 is 43.0 Å². The Morgan fingerprint density at radius 2 is 1.88 bits per heavy atom. The molecule has 7 heteroatoms. The van der Waals surface area contributed by atoms with Gasteiger partial charge in [0.15, 0.2) is 18.7 Å². The van der Waals surface area contributed by atoms with Crippen LogP contribution in [0.4, 0.5) is 0 Å². The first kappa shape index (κ1) is 11.7. The van der Waals surface area contributed by atoms with Crippen molar-refractivity contribution >= 4 is 5.97 Å². The van der Waals surface area contributed by atoms with Gasteiger partial charge in [0, 0.05) is 0 Å². The number of methoxy groups -OCH3 is 1. The molecule has 92 valence electrons. The van der Waals surface area contributed by atoms with Crippen molar-refractivity contribution in [2.75, 3.05) is 7.11 Å². The predicted molar refractivity (Wildman–Crippen MR) is 48.1 cm³/mol. The van der Waals surface area contributed by atoms with E-state index in [1.54, 1.807) is 6.92 Å². The van der Waals surface area contributed by atoms with Crippen LogP contribution in [0.1, 0.15) is 6.92 Å². The minimum Gasteiger partial charge on any atom is -0.467 e. The lowest BCUT2D eigenvalue weighted by Crippen LogP contribution is -2.58. The molecule has 16 heavy (non-hydrogen) atoms. The minimum absolute atomic E-state index is 0.548. The average molecular weight is 234 g/mol. The molecular formula is C9H14O7. The molecule has 0 spiro atoms. The lowest BCUT2D eigenvalue weighted by molar-refractivity contribution is -0.249. The van der Waals surface area contributed by atoms with Crippen LogP contribution >= 0.6 is 0 Å². The zero-order valence-electron chi connectivity index (χ0n) is 8.90. The summed E-state index contributed by atoms with van der Waals surface area (Å²) in [6.45, 7) is 1.63. The predicted octanol–water partition coefficient (Wildman–Crippen LogP) is -1.63. The maximum atomic E-state index is 11.3. The summed E-state index contributed by atoms with van der Waals surface area (Å²) in [4.78, 5) is 11.3. The van der Waals surface area contributed by atoms with Gasteiger partial charge >= 0.3 is 5.97 Å². The minimum atomic E-state index is -1.39. The standard InChI is InChI=1S/C9H14O7/c1-3-14-7-5(11)4(10)6(8(12)13-2)16-9(7)15-3/h3-7,9-11H,1-2H3/t3-,4+,5+,6+,7-,9+/m1/s1. The topological polar surface area (TPSA) is 94.5 Å². The Kier molecular flexibility index (Phi) is 3.13. The summed E-state index contributed by atoms with van der Waals surface area (Å²) in [5, 5.41) is 19.4. The van der Waals surface area contributed by atoms with E-state index in [0.717, 1.165) is 0 Å². The number of carbonyl (C=O) groups is 1. The molecule has 2 N–H and O–H groups in total. The van der Waals surface area contributed by atoms with Crippen LogP contribution in [0.15, 0.2) is 0 Å². The molecule has 2 aliphatic heterocycles. The number of aliphatic hydroxyl groups excluding tert-OH is 2. The van der Waals surface area contributed by atoms with E-state index >= 15 is 0 Å². The first-order valence-corrected chi connectivity index (χ1v) is 4.95. The number of hydrogen-bond acceptors (Lipinski definition) is 7. The number of carbonyl (C=O) groups excluding carboxylic acids is 1. The highest BCUT2D eigenvalue weighted by Crippen LogP contribution is 2.31. The van der Waals surface area contributed by atoms with Gasteiger partial charge < -0.3 is 29.2 Å². The third kappa shape index (κ3) is 1.80. The first-order valence-electron chi connectivity index (χ1n) is 4.95. The Morgan fingerprint density at radius 1 is 1.19 bits per heavy atom. The second-order valence-corrected chi connectivity index (χ2v) is 3.73. The molecular weight excluding hydrogens is 220 g/mol. The molecule has 0 aromatic rings. The molecule has 0 unspecified atom stereocenters. The van der Waals surface area contributed by atoms with Crippen LogP contribution in [0.2, 0.25) is 0 Å². The van der Waals surface area contributed by atoms with Crippen molar-refractivity contribution in [1.82, 2.24) is 0 Å². The fourth-order valence-corrected chi connectivity index (χ4v) is 1.84. The molecule has 7 nitrogen and oxygen atoms in total. The lowest BCUT2D eigenvalue weighted by atomic mass is 9.99. The summed E-state index contributed by atoms with van der Waals surface area (Å²) in [5.41, 5.74) is 0. The van der Waals surface area contributed by atoms with E-state index in [9.17, 15) is 15.0 Å². The fraction of sp³-hybridized carbons (Fsp3) is 0.889. The van der Waals surface area contributed by atoms with Gasteiger partial charge in [0.1, 0.15) is 18.3 Å². The maximum Gasteiger partial charge on any atom is 0.337 e. The third-order valence-electron chi connectivity index (χ3n) is 2.65. The molecule has 0 aromatic carbocycles. The smallest absolute Gasteiger partial charge is 0.337 e. The zero-order valence-corrected chi connectivity index (χ0v) is 8.90. The molecule has 0 aromatic heterocycles. The van der Waals surface area contributed by atoms with Gasteiger partial charge in [0.2, 0.25) is 0 Å². The molecule has 2 aliphatic rings. The molecule has 0 bridgehead atoms. The fourth-order valence-electron chi connectivity index (χ4n) is 1.84. The number of esters is 1. The second-order valence-electron chi connectivity index (χ2n) is 3.73. The molecule has 0 saturated carbocycles. The highest BCUT2D eigenvalue weighted by molar-refractivity contribution is 5.75. The van der Waals surface area contributed by atoms with Crippen molar-refractivity contribution in [3.8, 4) is 0 Å². The van der Waals surface area contributed by atoms with Crippen LogP contribution in [0.5, 0.6) is 0 Å². The summed E-state index contributed by atoms with van der Waals surface area (Å²) in [5.74, 6) is -0.756. The molecule has 0 radical (unpaired) electrons. The van der Waals surface area contributed by atoms with Gasteiger partial charge in [-0.25, -0.2) is 4.79 Å². The van der Waals surface area contributed by atoms with Gasteiger partial charge in [-0.1, -0.05) is 0 Å². The van der Waals surface area contributed by atoms with E-state index in [1.807, 2.05) is 0 Å². The zero-order chi connectivity index (χ0) is 11.9. The van der Waals surface area contributed by atoms with E-state index in [2.05, 4.69) is 4.74 Å². The molecule has 6 atom stereocenters. The van der Waals surface area contributed by atoms with Crippen molar-refractivity contribution in [2.45, 2.75) is 43.9 Å². The monoisotopic (exact) mass is 234 g/mol. The number of ether oxygens (including phenoxy) is 4. The van der Waals surface area contributed by atoms with Crippen LogP contribution in [0.25, 0.3) is 0 Å². The van der Waals surface area contributed by atoms with Gasteiger partial charge in [0.05, 0.1) is 7.11 Å². The number of fused-ring (bicyclic) bond motifs is 1. The molecule has 0 amide bonds. The first-order chi connectivity index (χ1) is 7.54. The Bertz CT molecular complexity index is 279. The Labute approximate surface area is 91.9 Å². The highest BCUT2D eigenvalue weighted by Gasteiger charge is 2.52. The quantitative estimate of drug-likeness (QED) is 0.526. The van der Waals surface area contributed by atoms with Gasteiger partial charge in [-0.05, 0) is 6.92 Å². The number of hydrogen-bond donors (Lipinski definition) is 2. The average Bonchev–Trinajstić information content (AvgIpc) is 2.63. The Hall–Kier alpha value is -0.730. The molecule has 0 aliphatic carbocycles. The van der Waals surface area contributed by atoms with Crippen molar-refractivity contribution in [1.29, 1.82) is 0 Å². The van der Waals surface area contributed by atoms with Gasteiger partial charge in [-0.2, -0.15) is 0 Å². The van der Waals surface area contributed by atoms with Crippen molar-refractivity contribution in [3.05, 3.63) is 0 Å².